The van der Waals surface area contributed by atoms with Crippen molar-refractivity contribution in [2.75, 3.05) is 25.1 Å². The van der Waals surface area contributed by atoms with E-state index in [0.717, 1.165) is 6.42 Å². The van der Waals surface area contributed by atoms with Gasteiger partial charge in [-0.3, -0.25) is 14.4 Å². The zero-order valence-corrected chi connectivity index (χ0v) is 16.3. The Balaban J connectivity index is 1.66. The Morgan fingerprint density at radius 1 is 1.10 bits per heavy atom. The summed E-state index contributed by atoms with van der Waals surface area (Å²) in [7, 11) is 0. The molecule has 1 aliphatic heterocycles. The lowest BCUT2D eigenvalue weighted by molar-refractivity contribution is -0.117. The second kappa shape index (κ2) is 9.29. The van der Waals surface area contributed by atoms with Crippen LogP contribution in [0.3, 0.4) is 0 Å². The number of primary amides is 1. The van der Waals surface area contributed by atoms with Crippen molar-refractivity contribution in [1.29, 1.82) is 0 Å². The van der Waals surface area contributed by atoms with E-state index in [2.05, 4.69) is 10.6 Å². The molecule has 0 radical (unpaired) electrons. The number of benzene rings is 2. The van der Waals surface area contributed by atoms with Crippen molar-refractivity contribution in [3.63, 3.8) is 0 Å². The van der Waals surface area contributed by atoms with Crippen molar-refractivity contribution < 1.29 is 23.9 Å². The maximum Gasteiger partial charge on any atom is 0.251 e. The van der Waals surface area contributed by atoms with E-state index in [1.807, 2.05) is 0 Å². The summed E-state index contributed by atoms with van der Waals surface area (Å²) in [5.41, 5.74) is 6.43. The molecule has 1 heterocycles. The van der Waals surface area contributed by atoms with E-state index < -0.39 is 11.8 Å². The third-order valence-electron chi connectivity index (χ3n) is 4.06. The Morgan fingerprint density at radius 2 is 1.90 bits per heavy atom. The number of anilines is 1. The molecule has 3 rings (SSSR count). The van der Waals surface area contributed by atoms with Crippen LogP contribution < -0.4 is 25.8 Å². The highest BCUT2D eigenvalue weighted by molar-refractivity contribution is 6.32. The molecule has 0 aromatic heterocycles. The number of fused-ring (bicyclic) bond motifs is 1. The maximum atomic E-state index is 12.4. The molecule has 4 N–H and O–H groups in total. The first-order valence-electron chi connectivity index (χ1n) is 8.97. The summed E-state index contributed by atoms with van der Waals surface area (Å²) in [6.45, 7) is 0.778. The lowest BCUT2D eigenvalue weighted by atomic mass is 10.1. The summed E-state index contributed by atoms with van der Waals surface area (Å²) in [5, 5.41) is 5.52. The summed E-state index contributed by atoms with van der Waals surface area (Å²) in [6, 6.07) is 9.76. The fraction of sp³-hybridized carbons (Fsp3) is 0.250. The van der Waals surface area contributed by atoms with Gasteiger partial charge in [0.05, 0.1) is 31.2 Å². The highest BCUT2D eigenvalue weighted by atomic mass is 35.5. The van der Waals surface area contributed by atoms with Gasteiger partial charge in [0.2, 0.25) is 11.8 Å². The monoisotopic (exact) mass is 417 g/mol. The maximum absolute atomic E-state index is 12.4. The van der Waals surface area contributed by atoms with Crippen LogP contribution in [-0.2, 0) is 16.0 Å². The van der Waals surface area contributed by atoms with Crippen molar-refractivity contribution in [3.05, 3.63) is 52.5 Å². The van der Waals surface area contributed by atoms with Crippen molar-refractivity contribution >= 4 is 35.0 Å². The first-order chi connectivity index (χ1) is 13.9. The average molecular weight is 418 g/mol. The van der Waals surface area contributed by atoms with Gasteiger partial charge in [-0.15, -0.1) is 0 Å². The number of halogens is 1. The third kappa shape index (κ3) is 5.61. The molecule has 8 nitrogen and oxygen atoms in total. The third-order valence-corrected chi connectivity index (χ3v) is 4.34. The van der Waals surface area contributed by atoms with Crippen LogP contribution in [0.4, 0.5) is 5.69 Å². The molecule has 2 aromatic rings. The molecule has 152 valence electrons. The molecular weight excluding hydrogens is 398 g/mol. The standard InChI is InChI=1S/C20H20ClN3O5/c21-15-7-12(8-16-19(15)29-6-2-5-28-16)9-18(26)24-14-4-1-3-13(10-14)20(27)23-11-17(22)25/h1,3-4,7-8,10H,2,5-6,9,11H2,(H2,22,25)(H,23,27)(H,24,26). The zero-order chi connectivity index (χ0) is 20.8. The topological polar surface area (TPSA) is 120 Å². The highest BCUT2D eigenvalue weighted by Gasteiger charge is 2.17. The molecule has 3 amide bonds. The first-order valence-corrected chi connectivity index (χ1v) is 9.34. The molecular formula is C20H20ClN3O5. The highest BCUT2D eigenvalue weighted by Crippen LogP contribution is 2.38. The molecule has 1 aliphatic rings. The lowest BCUT2D eigenvalue weighted by Crippen LogP contribution is -2.33. The Bertz CT molecular complexity index is 948. The molecule has 2 aromatic carbocycles. The van der Waals surface area contributed by atoms with Gasteiger partial charge in [-0.2, -0.15) is 0 Å². The molecule has 0 saturated carbocycles. The molecule has 0 aliphatic carbocycles. The van der Waals surface area contributed by atoms with Gasteiger partial charge >= 0.3 is 0 Å². The van der Waals surface area contributed by atoms with Crippen molar-refractivity contribution in [2.45, 2.75) is 12.8 Å². The van der Waals surface area contributed by atoms with Crippen molar-refractivity contribution in [1.82, 2.24) is 5.32 Å². The minimum atomic E-state index is -0.642. The van der Waals surface area contributed by atoms with E-state index in [9.17, 15) is 14.4 Å². The minimum absolute atomic E-state index is 0.0639. The van der Waals surface area contributed by atoms with Crippen LogP contribution in [0.5, 0.6) is 11.5 Å². The lowest BCUT2D eigenvalue weighted by Gasteiger charge is -2.12. The van der Waals surface area contributed by atoms with E-state index in [-0.39, 0.29) is 18.9 Å². The predicted molar refractivity (Wildman–Crippen MR) is 107 cm³/mol. The predicted octanol–water partition coefficient (Wildman–Crippen LogP) is 1.90. The molecule has 0 unspecified atom stereocenters. The number of nitrogens with one attached hydrogen (secondary N) is 2. The van der Waals surface area contributed by atoms with Crippen LogP contribution in [0.2, 0.25) is 5.02 Å². The Hall–Kier alpha value is -3.26. The Kier molecular flexibility index (Phi) is 6.56. The Morgan fingerprint density at radius 3 is 2.69 bits per heavy atom. The van der Waals surface area contributed by atoms with Crippen LogP contribution in [0.1, 0.15) is 22.3 Å². The van der Waals surface area contributed by atoms with Gasteiger partial charge in [0.25, 0.3) is 5.91 Å². The molecule has 0 atom stereocenters. The van der Waals surface area contributed by atoms with Crippen molar-refractivity contribution in [3.8, 4) is 11.5 Å². The molecule has 0 spiro atoms. The smallest absolute Gasteiger partial charge is 0.251 e. The summed E-state index contributed by atoms with van der Waals surface area (Å²) >= 11 is 6.26. The summed E-state index contributed by atoms with van der Waals surface area (Å²) in [5.74, 6) is -0.384. The number of carbonyl (C=O) groups excluding carboxylic acids is 3. The molecule has 0 fully saturated rings. The normalized spacial score (nSPS) is 12.6. The minimum Gasteiger partial charge on any atom is -0.489 e. The van der Waals surface area contributed by atoms with Crippen molar-refractivity contribution in [2.24, 2.45) is 5.73 Å². The number of carbonyl (C=O) groups is 3. The molecule has 29 heavy (non-hydrogen) atoms. The van der Waals surface area contributed by atoms with E-state index in [1.165, 1.54) is 6.07 Å². The molecule has 9 heteroatoms. The van der Waals surface area contributed by atoms with E-state index in [1.54, 1.807) is 30.3 Å². The van der Waals surface area contributed by atoms with Crippen LogP contribution in [0.25, 0.3) is 0 Å². The number of ether oxygens (including phenoxy) is 2. The summed E-state index contributed by atoms with van der Waals surface area (Å²) in [4.78, 5) is 35.2. The zero-order valence-electron chi connectivity index (χ0n) is 15.5. The van der Waals surface area contributed by atoms with Gasteiger partial charge in [0.15, 0.2) is 11.5 Å². The fourth-order valence-corrected chi connectivity index (χ4v) is 3.07. The average Bonchev–Trinajstić information content (AvgIpc) is 2.92. The van der Waals surface area contributed by atoms with Crippen LogP contribution in [0, 0.1) is 0 Å². The fourth-order valence-electron chi connectivity index (χ4n) is 2.78. The Labute approximate surface area is 172 Å². The van der Waals surface area contributed by atoms with Crippen LogP contribution >= 0.6 is 11.6 Å². The van der Waals surface area contributed by atoms with Gasteiger partial charge in [-0.1, -0.05) is 17.7 Å². The summed E-state index contributed by atoms with van der Waals surface area (Å²) < 4.78 is 11.2. The van der Waals surface area contributed by atoms with Gasteiger partial charge in [0.1, 0.15) is 0 Å². The number of hydrogen-bond acceptors (Lipinski definition) is 5. The largest absolute Gasteiger partial charge is 0.489 e. The SMILES string of the molecule is NC(=O)CNC(=O)c1cccc(NC(=O)Cc2cc(Cl)c3c(c2)OCCCO3)c1. The van der Waals surface area contributed by atoms with Gasteiger partial charge in [-0.05, 0) is 35.9 Å². The second-order valence-electron chi connectivity index (χ2n) is 6.41. The first kappa shape index (κ1) is 20.5. The number of amides is 3. The van der Waals surface area contributed by atoms with E-state index in [4.69, 9.17) is 26.8 Å². The number of rotatable bonds is 6. The number of hydrogen-bond donors (Lipinski definition) is 3. The van der Waals surface area contributed by atoms with E-state index >= 15 is 0 Å². The summed E-state index contributed by atoms with van der Waals surface area (Å²) in [6.07, 6.45) is 0.818. The second-order valence-corrected chi connectivity index (χ2v) is 6.82. The van der Waals surface area contributed by atoms with Gasteiger partial charge in [0, 0.05) is 17.7 Å². The van der Waals surface area contributed by atoms with Gasteiger partial charge < -0.3 is 25.8 Å². The quantitative estimate of drug-likeness (QED) is 0.663. The van der Waals surface area contributed by atoms with E-state index in [0.29, 0.717) is 46.5 Å². The van der Waals surface area contributed by atoms with Crippen LogP contribution in [-0.4, -0.2) is 37.5 Å². The van der Waals surface area contributed by atoms with Crippen LogP contribution in [0.15, 0.2) is 36.4 Å². The molecule has 0 saturated heterocycles. The molecule has 0 bridgehead atoms. The number of nitrogens with two attached hydrogens (primary N) is 1. The van der Waals surface area contributed by atoms with Gasteiger partial charge in [-0.25, -0.2) is 0 Å².